The van der Waals surface area contributed by atoms with Gasteiger partial charge in [0.15, 0.2) is 5.11 Å². The molecule has 1 amide bonds. The SMILES string of the molecule is CCn1cc(C(=O)NC(=S)Nc2ccc(Cl)cc2)c(-c2ccccc2)nc1=O. The van der Waals surface area contributed by atoms with Crippen LogP contribution in [0.4, 0.5) is 5.69 Å². The molecule has 0 atom stereocenters. The Morgan fingerprint density at radius 2 is 1.82 bits per heavy atom. The first-order valence-electron chi connectivity index (χ1n) is 8.52. The maximum atomic E-state index is 12.9. The van der Waals surface area contributed by atoms with Crippen molar-refractivity contribution in [3.05, 3.63) is 81.9 Å². The van der Waals surface area contributed by atoms with E-state index < -0.39 is 11.6 Å². The summed E-state index contributed by atoms with van der Waals surface area (Å²) < 4.78 is 1.37. The third-order valence-corrected chi connectivity index (χ3v) is 4.41. The van der Waals surface area contributed by atoms with Crippen molar-refractivity contribution in [1.29, 1.82) is 0 Å². The third-order valence-electron chi connectivity index (χ3n) is 3.95. The number of hydrogen-bond donors (Lipinski definition) is 2. The first kappa shape index (κ1) is 19.7. The van der Waals surface area contributed by atoms with Gasteiger partial charge in [0.25, 0.3) is 5.91 Å². The summed E-state index contributed by atoms with van der Waals surface area (Å²) >= 11 is 11.1. The molecule has 1 heterocycles. The number of anilines is 1. The van der Waals surface area contributed by atoms with Crippen LogP contribution >= 0.6 is 23.8 Å². The Kier molecular flexibility index (Phi) is 6.18. The number of carbonyl (C=O) groups is 1. The summed E-state index contributed by atoms with van der Waals surface area (Å²) in [5.74, 6) is -0.458. The zero-order chi connectivity index (χ0) is 20.1. The van der Waals surface area contributed by atoms with Gasteiger partial charge in [-0.2, -0.15) is 4.98 Å². The smallest absolute Gasteiger partial charge is 0.332 e. The Hall–Kier alpha value is -3.03. The normalized spacial score (nSPS) is 10.4. The molecule has 2 aromatic carbocycles. The lowest BCUT2D eigenvalue weighted by Gasteiger charge is -2.13. The maximum absolute atomic E-state index is 12.9. The van der Waals surface area contributed by atoms with E-state index in [4.69, 9.17) is 23.8 Å². The number of amides is 1. The highest BCUT2D eigenvalue weighted by atomic mass is 35.5. The van der Waals surface area contributed by atoms with Gasteiger partial charge in [-0.05, 0) is 43.4 Å². The van der Waals surface area contributed by atoms with E-state index in [0.29, 0.717) is 28.5 Å². The van der Waals surface area contributed by atoms with Crippen LogP contribution in [0.5, 0.6) is 0 Å². The van der Waals surface area contributed by atoms with Gasteiger partial charge < -0.3 is 5.32 Å². The van der Waals surface area contributed by atoms with Crippen LogP contribution in [0.15, 0.2) is 65.6 Å². The minimum atomic E-state index is -0.458. The molecule has 0 saturated carbocycles. The standard InChI is InChI=1S/C20H17ClN4O2S/c1-2-25-12-16(17(23-20(25)27)13-6-4-3-5-7-13)18(26)24-19(28)22-15-10-8-14(21)9-11-15/h3-12H,2H2,1H3,(H2,22,24,26,28). The Morgan fingerprint density at radius 1 is 1.14 bits per heavy atom. The highest BCUT2D eigenvalue weighted by Crippen LogP contribution is 2.20. The number of rotatable bonds is 4. The Bertz CT molecular complexity index is 1070. The first-order chi connectivity index (χ1) is 13.5. The highest BCUT2D eigenvalue weighted by Gasteiger charge is 2.18. The third kappa shape index (κ3) is 4.62. The van der Waals surface area contributed by atoms with Crippen LogP contribution in [0.1, 0.15) is 17.3 Å². The van der Waals surface area contributed by atoms with Crippen LogP contribution in [-0.4, -0.2) is 20.6 Å². The van der Waals surface area contributed by atoms with Crippen LogP contribution in [0.3, 0.4) is 0 Å². The number of halogens is 1. The number of aryl methyl sites for hydroxylation is 1. The molecule has 3 aromatic rings. The van der Waals surface area contributed by atoms with Crippen molar-refractivity contribution in [3.63, 3.8) is 0 Å². The second-order valence-electron chi connectivity index (χ2n) is 5.85. The van der Waals surface area contributed by atoms with Gasteiger partial charge >= 0.3 is 5.69 Å². The number of aromatic nitrogens is 2. The molecule has 28 heavy (non-hydrogen) atoms. The summed E-state index contributed by atoms with van der Waals surface area (Å²) in [4.78, 5) is 29.1. The van der Waals surface area contributed by atoms with Crippen molar-refractivity contribution >= 4 is 40.5 Å². The highest BCUT2D eigenvalue weighted by molar-refractivity contribution is 7.80. The number of nitrogens with one attached hydrogen (secondary N) is 2. The van der Waals surface area contributed by atoms with E-state index in [2.05, 4.69) is 15.6 Å². The van der Waals surface area contributed by atoms with Gasteiger partial charge in [-0.1, -0.05) is 41.9 Å². The molecule has 6 nitrogen and oxygen atoms in total. The predicted octanol–water partition coefficient (Wildman–Crippen LogP) is 3.71. The van der Waals surface area contributed by atoms with Gasteiger partial charge in [-0.3, -0.25) is 14.7 Å². The zero-order valence-electron chi connectivity index (χ0n) is 15.0. The van der Waals surface area contributed by atoms with Crippen molar-refractivity contribution in [3.8, 4) is 11.3 Å². The van der Waals surface area contributed by atoms with E-state index in [-0.39, 0.29) is 10.7 Å². The lowest BCUT2D eigenvalue weighted by molar-refractivity contribution is 0.0977. The van der Waals surface area contributed by atoms with Crippen LogP contribution in [-0.2, 0) is 6.54 Å². The summed E-state index contributed by atoms with van der Waals surface area (Å²) in [5, 5.41) is 6.28. The van der Waals surface area contributed by atoms with Crippen molar-refractivity contribution in [1.82, 2.24) is 14.9 Å². The number of hydrogen-bond acceptors (Lipinski definition) is 4. The molecule has 1 aromatic heterocycles. The summed E-state index contributed by atoms with van der Waals surface area (Å²) in [6.07, 6.45) is 1.50. The van der Waals surface area contributed by atoms with E-state index >= 15 is 0 Å². The van der Waals surface area contributed by atoms with Gasteiger partial charge in [0.2, 0.25) is 0 Å². The molecule has 0 aliphatic rings. The molecule has 142 valence electrons. The molecule has 0 spiro atoms. The van der Waals surface area contributed by atoms with Crippen molar-refractivity contribution in [2.24, 2.45) is 0 Å². The number of benzene rings is 2. The van der Waals surface area contributed by atoms with Gasteiger partial charge in [0, 0.05) is 29.0 Å². The number of nitrogens with zero attached hydrogens (tertiary/aromatic N) is 2. The Morgan fingerprint density at radius 3 is 2.46 bits per heavy atom. The summed E-state index contributed by atoms with van der Waals surface area (Å²) in [6, 6.07) is 16.0. The van der Waals surface area contributed by atoms with E-state index in [1.165, 1.54) is 10.8 Å². The molecule has 0 saturated heterocycles. The zero-order valence-corrected chi connectivity index (χ0v) is 16.6. The predicted molar refractivity (Wildman–Crippen MR) is 115 cm³/mol. The van der Waals surface area contributed by atoms with Crippen LogP contribution in [0.2, 0.25) is 5.02 Å². The van der Waals surface area contributed by atoms with Crippen LogP contribution in [0.25, 0.3) is 11.3 Å². The second kappa shape index (κ2) is 8.77. The molecule has 8 heteroatoms. The van der Waals surface area contributed by atoms with E-state index in [1.54, 1.807) is 43.3 Å². The van der Waals surface area contributed by atoms with Gasteiger partial charge in [0.05, 0.1) is 11.3 Å². The number of thiocarbonyl (C=S) groups is 1. The summed E-state index contributed by atoms with van der Waals surface area (Å²) in [6.45, 7) is 2.20. The quantitative estimate of drug-likeness (QED) is 0.639. The maximum Gasteiger partial charge on any atom is 0.348 e. The fourth-order valence-corrected chi connectivity index (χ4v) is 2.90. The summed E-state index contributed by atoms with van der Waals surface area (Å²) in [7, 11) is 0. The van der Waals surface area contributed by atoms with Crippen molar-refractivity contribution in [2.45, 2.75) is 13.5 Å². The molecule has 2 N–H and O–H groups in total. The largest absolute Gasteiger partial charge is 0.348 e. The fraction of sp³-hybridized carbons (Fsp3) is 0.100. The molecule has 0 aliphatic carbocycles. The molecule has 0 radical (unpaired) electrons. The van der Waals surface area contributed by atoms with E-state index in [1.807, 2.05) is 18.2 Å². The van der Waals surface area contributed by atoms with Crippen molar-refractivity contribution in [2.75, 3.05) is 5.32 Å². The van der Waals surface area contributed by atoms with E-state index in [9.17, 15) is 9.59 Å². The first-order valence-corrected chi connectivity index (χ1v) is 9.31. The molecule has 0 aliphatic heterocycles. The minimum absolute atomic E-state index is 0.126. The van der Waals surface area contributed by atoms with Crippen LogP contribution < -0.4 is 16.3 Å². The lowest BCUT2D eigenvalue weighted by Crippen LogP contribution is -2.36. The van der Waals surface area contributed by atoms with Gasteiger partial charge in [0.1, 0.15) is 0 Å². The molecule has 0 fully saturated rings. The number of carbonyl (C=O) groups excluding carboxylic acids is 1. The average Bonchev–Trinajstić information content (AvgIpc) is 2.70. The van der Waals surface area contributed by atoms with E-state index in [0.717, 1.165) is 0 Å². The Labute approximate surface area is 172 Å². The fourth-order valence-electron chi connectivity index (χ4n) is 2.57. The molecular weight excluding hydrogens is 396 g/mol. The van der Waals surface area contributed by atoms with Crippen LogP contribution in [0, 0.1) is 0 Å². The second-order valence-corrected chi connectivity index (χ2v) is 6.70. The lowest BCUT2D eigenvalue weighted by atomic mass is 10.1. The molecular formula is C20H17ClN4O2S. The van der Waals surface area contributed by atoms with Gasteiger partial charge in [-0.25, -0.2) is 4.79 Å². The average molecular weight is 413 g/mol. The topological polar surface area (TPSA) is 76.0 Å². The molecule has 0 unspecified atom stereocenters. The summed E-state index contributed by atoms with van der Waals surface area (Å²) in [5.41, 5.74) is 1.51. The van der Waals surface area contributed by atoms with Crippen molar-refractivity contribution < 1.29 is 4.79 Å². The van der Waals surface area contributed by atoms with Gasteiger partial charge in [-0.15, -0.1) is 0 Å². The molecule has 0 bridgehead atoms. The molecule has 3 rings (SSSR count). The minimum Gasteiger partial charge on any atom is -0.332 e. The monoisotopic (exact) mass is 412 g/mol. The Balaban J connectivity index is 1.88.